The first-order valence-corrected chi connectivity index (χ1v) is 4.12. The van der Waals surface area contributed by atoms with Gasteiger partial charge in [0.1, 0.15) is 5.75 Å². The topological polar surface area (TPSA) is 29.5 Å². The fourth-order valence-electron chi connectivity index (χ4n) is 1.30. The summed E-state index contributed by atoms with van der Waals surface area (Å²) in [6.07, 6.45) is 0. The predicted molar refractivity (Wildman–Crippen MR) is 53.8 cm³/mol. The van der Waals surface area contributed by atoms with Gasteiger partial charge < -0.3 is 9.84 Å². The van der Waals surface area contributed by atoms with Gasteiger partial charge in [-0.2, -0.15) is 0 Å². The summed E-state index contributed by atoms with van der Waals surface area (Å²) in [5.74, 6) is 0.284. The van der Waals surface area contributed by atoms with Crippen LogP contribution >= 0.6 is 0 Å². The molecular formula is C11H14AcO2. The van der Waals surface area contributed by atoms with Gasteiger partial charge in [0.2, 0.25) is 0 Å². The summed E-state index contributed by atoms with van der Waals surface area (Å²) in [5, 5.41) is 9.19. The Morgan fingerprint density at radius 2 is 2.14 bits per heavy atom. The smallest absolute Gasteiger partial charge is 0.115 e. The van der Waals surface area contributed by atoms with Crippen molar-refractivity contribution in [3.8, 4) is 5.75 Å². The predicted octanol–water partition coefficient (Wildman–Crippen LogP) is 2.36. The monoisotopic (exact) mass is 405 g/mol. The molecule has 1 rings (SSSR count). The van der Waals surface area contributed by atoms with E-state index in [9.17, 15) is 5.11 Å². The molecule has 0 amide bonds. The molecule has 0 aliphatic heterocycles. The minimum atomic E-state index is 0. The molecule has 0 heterocycles. The second-order valence-electron chi connectivity index (χ2n) is 3.04. The Balaban J connectivity index is 0.00000169. The number of ether oxygens (including phenoxy) is 1. The average molecular weight is 405 g/mol. The fourth-order valence-corrected chi connectivity index (χ4v) is 1.30. The quantitative estimate of drug-likeness (QED) is 0.837. The zero-order valence-electron chi connectivity index (χ0n) is 8.58. The van der Waals surface area contributed by atoms with Crippen molar-refractivity contribution in [1.29, 1.82) is 0 Å². The number of rotatable bonds is 3. The molecule has 0 aromatic heterocycles. The first kappa shape index (κ1) is 14.2. The number of phenols is 1. The Bertz CT molecular complexity index is 321. The van der Waals surface area contributed by atoms with Crippen molar-refractivity contribution in [3.05, 3.63) is 35.9 Å². The Labute approximate surface area is 121 Å². The van der Waals surface area contributed by atoms with E-state index in [2.05, 4.69) is 6.58 Å². The molecule has 0 fully saturated rings. The van der Waals surface area contributed by atoms with Crippen LogP contribution < -0.4 is 0 Å². The number of hydrogen-bond donors (Lipinski definition) is 1. The van der Waals surface area contributed by atoms with E-state index in [4.69, 9.17) is 4.74 Å². The molecule has 0 aliphatic carbocycles. The minimum absolute atomic E-state index is 0. The van der Waals surface area contributed by atoms with Gasteiger partial charge in [0.05, 0.1) is 6.61 Å². The van der Waals surface area contributed by atoms with E-state index in [0.29, 0.717) is 6.61 Å². The maximum atomic E-state index is 9.19. The van der Waals surface area contributed by atoms with Gasteiger partial charge in [0.15, 0.2) is 0 Å². The van der Waals surface area contributed by atoms with Crippen LogP contribution in [0.2, 0.25) is 0 Å². The van der Waals surface area contributed by atoms with Gasteiger partial charge in [-0.15, -0.1) is 0 Å². The van der Waals surface area contributed by atoms with Crippen molar-refractivity contribution < 1.29 is 53.9 Å². The first-order valence-electron chi connectivity index (χ1n) is 4.12. The van der Waals surface area contributed by atoms with Gasteiger partial charge in [-0.05, 0) is 35.8 Å². The Hall–Kier alpha value is 0.162. The van der Waals surface area contributed by atoms with E-state index in [0.717, 1.165) is 16.7 Å². The van der Waals surface area contributed by atoms with Crippen molar-refractivity contribution in [3.63, 3.8) is 0 Å². The maximum Gasteiger partial charge on any atom is 0.115 e. The van der Waals surface area contributed by atoms with Gasteiger partial charge >= 0.3 is 0 Å². The van der Waals surface area contributed by atoms with E-state index in [1.165, 1.54) is 0 Å². The van der Waals surface area contributed by atoms with E-state index in [-0.39, 0.29) is 49.8 Å². The first-order chi connectivity index (χ1) is 6.15. The Morgan fingerprint density at radius 1 is 1.50 bits per heavy atom. The van der Waals surface area contributed by atoms with E-state index in [1.807, 2.05) is 13.0 Å². The van der Waals surface area contributed by atoms with Crippen molar-refractivity contribution in [1.82, 2.24) is 0 Å². The molecule has 1 N–H and O–H groups in total. The summed E-state index contributed by atoms with van der Waals surface area (Å²) >= 11 is 0. The molecule has 0 saturated carbocycles. The summed E-state index contributed by atoms with van der Waals surface area (Å²) in [4.78, 5) is 0. The Morgan fingerprint density at radius 3 is 2.64 bits per heavy atom. The van der Waals surface area contributed by atoms with E-state index >= 15 is 0 Å². The normalized spacial score (nSPS) is 9.29. The van der Waals surface area contributed by atoms with Crippen LogP contribution in [0.25, 0.3) is 5.57 Å². The van der Waals surface area contributed by atoms with Crippen LogP contribution in [0.4, 0.5) is 0 Å². The van der Waals surface area contributed by atoms with Crippen molar-refractivity contribution in [2.45, 2.75) is 6.92 Å². The van der Waals surface area contributed by atoms with Crippen LogP contribution in [0.5, 0.6) is 5.75 Å². The molecule has 0 spiro atoms. The molecule has 0 unspecified atom stereocenters. The number of hydrogen-bond acceptors (Lipinski definition) is 2. The third kappa shape index (κ3) is 3.73. The fraction of sp³-hybridized carbons (Fsp3) is 0.273. The Kier molecular flexibility index (Phi) is 6.69. The van der Waals surface area contributed by atoms with E-state index in [1.54, 1.807) is 19.2 Å². The summed E-state index contributed by atoms with van der Waals surface area (Å²) in [5.41, 5.74) is 2.99. The molecule has 3 heteroatoms. The largest absolute Gasteiger partial charge is 0.508 e. The van der Waals surface area contributed by atoms with Crippen LogP contribution in [0.1, 0.15) is 11.1 Å². The number of aryl methyl sites for hydroxylation is 1. The second kappa shape index (κ2) is 6.61. The third-order valence-electron chi connectivity index (χ3n) is 1.91. The van der Waals surface area contributed by atoms with Crippen LogP contribution in [0, 0.1) is 51.0 Å². The van der Waals surface area contributed by atoms with Crippen molar-refractivity contribution >= 4 is 5.57 Å². The van der Waals surface area contributed by atoms with Crippen molar-refractivity contribution in [2.75, 3.05) is 13.7 Å². The summed E-state index contributed by atoms with van der Waals surface area (Å²) in [6, 6.07) is 5.23. The molecule has 0 atom stereocenters. The van der Waals surface area contributed by atoms with Gasteiger partial charge in [0.25, 0.3) is 0 Å². The van der Waals surface area contributed by atoms with Crippen LogP contribution in [0.15, 0.2) is 24.8 Å². The SMILES string of the molecule is C=C(COC)c1ccc(O)cc1C.[Ac]. The number of aromatic hydroxyl groups is 1. The molecule has 1 aromatic rings. The molecule has 0 saturated heterocycles. The molecule has 14 heavy (non-hydrogen) atoms. The van der Waals surface area contributed by atoms with Crippen LogP contribution in [-0.4, -0.2) is 18.8 Å². The van der Waals surface area contributed by atoms with Crippen molar-refractivity contribution in [2.24, 2.45) is 0 Å². The zero-order valence-corrected chi connectivity index (χ0v) is 13.3. The molecule has 2 nitrogen and oxygen atoms in total. The van der Waals surface area contributed by atoms with Crippen LogP contribution in [-0.2, 0) is 4.74 Å². The number of benzene rings is 1. The van der Waals surface area contributed by atoms with Gasteiger partial charge in [-0.25, -0.2) is 0 Å². The number of methoxy groups -OCH3 is 1. The summed E-state index contributed by atoms with van der Waals surface area (Å²) in [6.45, 7) is 6.36. The summed E-state index contributed by atoms with van der Waals surface area (Å²) < 4.78 is 4.98. The third-order valence-corrected chi connectivity index (χ3v) is 1.91. The minimum Gasteiger partial charge on any atom is -0.508 e. The average Bonchev–Trinajstić information content (AvgIpc) is 2.04. The number of phenolic OH excluding ortho intramolecular Hbond substituents is 1. The molecule has 0 bridgehead atoms. The van der Waals surface area contributed by atoms with Gasteiger partial charge in [0, 0.05) is 51.2 Å². The molecule has 73 valence electrons. The molecule has 1 aromatic carbocycles. The molecular weight excluding hydrogens is 391 g/mol. The molecule has 0 aliphatic rings. The molecule has 1 radical (unpaired) electrons. The second-order valence-corrected chi connectivity index (χ2v) is 3.04. The maximum absolute atomic E-state index is 9.19. The van der Waals surface area contributed by atoms with Gasteiger partial charge in [-0.3, -0.25) is 0 Å². The van der Waals surface area contributed by atoms with Crippen LogP contribution in [0.3, 0.4) is 0 Å². The van der Waals surface area contributed by atoms with E-state index < -0.39 is 0 Å². The van der Waals surface area contributed by atoms with Gasteiger partial charge in [-0.1, -0.05) is 12.6 Å². The summed E-state index contributed by atoms with van der Waals surface area (Å²) in [7, 11) is 1.64. The zero-order chi connectivity index (χ0) is 9.84. The standard InChI is InChI=1S/C11H14O2.Ac/c1-8-6-10(12)4-5-11(8)9(2)7-13-3;/h4-6,12H,2,7H2,1,3H3;.